The van der Waals surface area contributed by atoms with Crippen molar-refractivity contribution in [1.29, 1.82) is 0 Å². The highest BCUT2D eigenvalue weighted by molar-refractivity contribution is 6.43. The summed E-state index contributed by atoms with van der Waals surface area (Å²) < 4.78 is 5.00. The molecule has 6 heteroatoms. The lowest BCUT2D eigenvalue weighted by molar-refractivity contribution is 0.399. The summed E-state index contributed by atoms with van der Waals surface area (Å²) in [5.74, 6) is 0.493. The van der Waals surface area contributed by atoms with E-state index < -0.39 is 0 Å². The molecule has 0 radical (unpaired) electrons. The summed E-state index contributed by atoms with van der Waals surface area (Å²) >= 11 is 12.0. The molecular weight excluding hydrogens is 261 g/mol. The molecule has 1 heterocycles. The molecule has 4 nitrogen and oxygen atoms in total. The number of halogens is 2. The average molecular weight is 270 g/mol. The van der Waals surface area contributed by atoms with Crippen LogP contribution in [0.4, 0.5) is 5.82 Å². The van der Waals surface area contributed by atoms with Crippen molar-refractivity contribution in [2.24, 2.45) is 0 Å². The van der Waals surface area contributed by atoms with Gasteiger partial charge in [-0.3, -0.25) is 0 Å². The quantitative estimate of drug-likeness (QED) is 0.911. The van der Waals surface area contributed by atoms with Crippen molar-refractivity contribution in [3.05, 3.63) is 34.4 Å². The normalized spacial score (nSPS) is 10.3. The fourth-order valence-electron chi connectivity index (χ4n) is 1.36. The number of benzene rings is 1. The number of nitrogens with zero attached hydrogens (tertiary/aromatic N) is 2. The van der Waals surface area contributed by atoms with Crippen molar-refractivity contribution < 1.29 is 4.74 Å². The van der Waals surface area contributed by atoms with Crippen molar-refractivity contribution in [3.63, 3.8) is 0 Å². The van der Waals surface area contributed by atoms with Crippen molar-refractivity contribution in [2.75, 3.05) is 12.8 Å². The van der Waals surface area contributed by atoms with Crippen molar-refractivity contribution in [2.45, 2.75) is 0 Å². The molecule has 2 rings (SSSR count). The Hall–Kier alpha value is -1.52. The number of methoxy groups -OCH3 is 1. The van der Waals surface area contributed by atoms with E-state index in [-0.39, 0.29) is 11.7 Å². The first kappa shape index (κ1) is 12.0. The fraction of sp³-hybridized carbons (Fsp3) is 0.0909. The van der Waals surface area contributed by atoms with E-state index in [1.54, 1.807) is 18.2 Å². The van der Waals surface area contributed by atoms with Gasteiger partial charge in [0.15, 0.2) is 5.82 Å². The summed E-state index contributed by atoms with van der Waals surface area (Å²) in [5.41, 5.74) is 6.83. The molecule has 0 aliphatic carbocycles. The lowest BCUT2D eigenvalue weighted by Crippen LogP contribution is -1.99. The van der Waals surface area contributed by atoms with E-state index in [1.807, 2.05) is 0 Å². The maximum Gasteiger partial charge on any atom is 0.257 e. The van der Waals surface area contributed by atoms with E-state index in [0.717, 1.165) is 0 Å². The second-order valence-corrected chi connectivity index (χ2v) is 4.04. The van der Waals surface area contributed by atoms with Gasteiger partial charge in [-0.1, -0.05) is 35.3 Å². The Morgan fingerprint density at radius 1 is 1.29 bits per heavy atom. The standard InChI is InChI=1S/C11H9Cl2N3O/c1-17-11-10(14)15-5-8(16-11)6-3-2-4-7(12)9(6)13/h2-5H,1H3,(H2,14,15). The van der Waals surface area contributed by atoms with E-state index in [1.165, 1.54) is 13.3 Å². The molecule has 0 amide bonds. The first-order chi connectivity index (χ1) is 8.13. The number of hydrogen-bond donors (Lipinski definition) is 1. The number of ether oxygens (including phenoxy) is 1. The van der Waals surface area contributed by atoms with Crippen LogP contribution in [0.1, 0.15) is 0 Å². The molecule has 0 aliphatic rings. The minimum atomic E-state index is 0.231. The zero-order valence-corrected chi connectivity index (χ0v) is 10.5. The first-order valence-corrected chi connectivity index (χ1v) is 5.50. The van der Waals surface area contributed by atoms with Gasteiger partial charge < -0.3 is 10.5 Å². The maximum atomic E-state index is 6.09. The van der Waals surface area contributed by atoms with Crippen molar-refractivity contribution in [1.82, 2.24) is 9.97 Å². The minimum Gasteiger partial charge on any atom is -0.478 e. The zero-order chi connectivity index (χ0) is 12.4. The summed E-state index contributed by atoms with van der Waals surface area (Å²) in [6, 6.07) is 5.29. The molecule has 0 aliphatic heterocycles. The summed E-state index contributed by atoms with van der Waals surface area (Å²) in [5, 5.41) is 0.886. The largest absolute Gasteiger partial charge is 0.478 e. The number of aromatic nitrogens is 2. The van der Waals surface area contributed by atoms with Gasteiger partial charge in [0, 0.05) is 5.56 Å². The van der Waals surface area contributed by atoms with Gasteiger partial charge in [0.1, 0.15) is 0 Å². The van der Waals surface area contributed by atoms with Gasteiger partial charge >= 0.3 is 0 Å². The molecule has 0 saturated carbocycles. The van der Waals surface area contributed by atoms with E-state index in [4.69, 9.17) is 33.7 Å². The third kappa shape index (κ3) is 2.28. The van der Waals surface area contributed by atoms with Gasteiger partial charge in [-0.25, -0.2) is 9.97 Å². The van der Waals surface area contributed by atoms with Gasteiger partial charge in [-0.15, -0.1) is 0 Å². The van der Waals surface area contributed by atoms with E-state index >= 15 is 0 Å². The molecule has 17 heavy (non-hydrogen) atoms. The van der Waals surface area contributed by atoms with Crippen LogP contribution in [0.15, 0.2) is 24.4 Å². The van der Waals surface area contributed by atoms with Gasteiger partial charge in [0.05, 0.1) is 29.0 Å². The van der Waals surface area contributed by atoms with Gasteiger partial charge in [0.25, 0.3) is 5.88 Å². The fourth-order valence-corrected chi connectivity index (χ4v) is 1.76. The van der Waals surface area contributed by atoms with Crippen molar-refractivity contribution in [3.8, 4) is 17.1 Å². The number of rotatable bonds is 2. The molecule has 0 spiro atoms. The molecule has 0 fully saturated rings. The second kappa shape index (κ2) is 4.77. The topological polar surface area (TPSA) is 61.0 Å². The molecule has 0 atom stereocenters. The summed E-state index contributed by atoms with van der Waals surface area (Å²) in [6.07, 6.45) is 1.52. The SMILES string of the molecule is COc1nc(-c2cccc(Cl)c2Cl)cnc1N. The smallest absolute Gasteiger partial charge is 0.257 e. The Balaban J connectivity index is 2.57. The van der Waals surface area contributed by atoms with Crippen LogP contribution < -0.4 is 10.5 Å². The molecule has 0 bridgehead atoms. The van der Waals surface area contributed by atoms with E-state index in [2.05, 4.69) is 9.97 Å². The molecular formula is C11H9Cl2N3O. The van der Waals surface area contributed by atoms with Gasteiger partial charge in [-0.05, 0) is 6.07 Å². The number of anilines is 1. The molecule has 1 aromatic carbocycles. The van der Waals surface area contributed by atoms with Crippen LogP contribution in [-0.2, 0) is 0 Å². The van der Waals surface area contributed by atoms with Gasteiger partial charge in [-0.2, -0.15) is 0 Å². The predicted molar refractivity (Wildman–Crippen MR) is 68.5 cm³/mol. The lowest BCUT2D eigenvalue weighted by atomic mass is 10.1. The van der Waals surface area contributed by atoms with Crippen molar-refractivity contribution >= 4 is 29.0 Å². The Morgan fingerprint density at radius 3 is 2.76 bits per heavy atom. The first-order valence-electron chi connectivity index (χ1n) is 4.74. The molecule has 1 aromatic heterocycles. The van der Waals surface area contributed by atoms with Crippen LogP contribution >= 0.6 is 23.2 Å². The molecule has 0 saturated heterocycles. The minimum absolute atomic E-state index is 0.231. The monoisotopic (exact) mass is 269 g/mol. The van der Waals surface area contributed by atoms with E-state index in [0.29, 0.717) is 21.3 Å². The number of hydrogen-bond acceptors (Lipinski definition) is 4. The summed E-state index contributed by atoms with van der Waals surface area (Å²) in [4.78, 5) is 8.20. The van der Waals surface area contributed by atoms with Crippen LogP contribution in [0.3, 0.4) is 0 Å². The summed E-state index contributed by atoms with van der Waals surface area (Å²) in [6.45, 7) is 0. The predicted octanol–water partition coefficient (Wildman–Crippen LogP) is 3.04. The number of nitrogens with two attached hydrogens (primary N) is 1. The Labute approximate surface area is 108 Å². The van der Waals surface area contributed by atoms with Gasteiger partial charge in [0.2, 0.25) is 0 Å². The molecule has 2 N–H and O–H groups in total. The van der Waals surface area contributed by atoms with E-state index in [9.17, 15) is 0 Å². The Morgan fingerprint density at radius 2 is 2.06 bits per heavy atom. The van der Waals surface area contributed by atoms with Crippen LogP contribution in [-0.4, -0.2) is 17.1 Å². The second-order valence-electron chi connectivity index (χ2n) is 3.25. The maximum absolute atomic E-state index is 6.09. The Bertz CT molecular complexity index is 560. The number of nitrogen functional groups attached to an aromatic ring is 1. The summed E-state index contributed by atoms with van der Waals surface area (Å²) in [7, 11) is 1.48. The van der Waals surface area contributed by atoms with Crippen LogP contribution in [0.25, 0.3) is 11.3 Å². The third-order valence-corrected chi connectivity index (χ3v) is 3.01. The molecule has 2 aromatic rings. The van der Waals surface area contributed by atoms with Crippen LogP contribution in [0, 0.1) is 0 Å². The Kier molecular flexibility index (Phi) is 3.36. The third-order valence-electron chi connectivity index (χ3n) is 2.19. The molecule has 88 valence electrons. The highest BCUT2D eigenvalue weighted by atomic mass is 35.5. The highest BCUT2D eigenvalue weighted by Gasteiger charge is 2.11. The lowest BCUT2D eigenvalue weighted by Gasteiger charge is -2.07. The molecule has 0 unspecified atom stereocenters. The highest BCUT2D eigenvalue weighted by Crippen LogP contribution is 2.33. The van der Waals surface area contributed by atoms with Crippen LogP contribution in [0.2, 0.25) is 10.0 Å². The zero-order valence-electron chi connectivity index (χ0n) is 8.95. The van der Waals surface area contributed by atoms with Crippen LogP contribution in [0.5, 0.6) is 5.88 Å². The average Bonchev–Trinajstić information content (AvgIpc) is 2.34.